The number of hydrogen-bond donors (Lipinski definition) is 2. The van der Waals surface area contributed by atoms with Gasteiger partial charge >= 0.3 is 0 Å². The molecule has 1 aromatic carbocycles. The summed E-state index contributed by atoms with van der Waals surface area (Å²) in [7, 11) is 0. The van der Waals surface area contributed by atoms with Crippen molar-refractivity contribution >= 4 is 22.5 Å². The first-order valence-corrected chi connectivity index (χ1v) is 6.74. The van der Waals surface area contributed by atoms with Crippen molar-refractivity contribution in [1.82, 2.24) is 10.3 Å². The Bertz CT molecular complexity index is 655. The van der Waals surface area contributed by atoms with Crippen LogP contribution in [0.15, 0.2) is 24.3 Å². The van der Waals surface area contributed by atoms with Gasteiger partial charge in [0.1, 0.15) is 5.69 Å². The van der Waals surface area contributed by atoms with Crippen molar-refractivity contribution in [1.29, 1.82) is 0 Å². The van der Waals surface area contributed by atoms with Crippen LogP contribution >= 0.6 is 0 Å². The molecule has 0 bridgehead atoms. The Balaban J connectivity index is 2.14. The van der Waals surface area contributed by atoms with Crippen LogP contribution in [0.25, 0.3) is 10.9 Å². The average molecular weight is 269 g/mol. The number of fused-ring (bicyclic) bond motifs is 1. The molecule has 0 unspecified atom stereocenters. The molecule has 1 aliphatic heterocycles. The van der Waals surface area contributed by atoms with Gasteiger partial charge in [0.25, 0.3) is 5.91 Å². The monoisotopic (exact) mass is 269 g/mol. The lowest BCUT2D eigenvalue weighted by Crippen LogP contribution is -2.49. The molecule has 3 N–H and O–H groups in total. The second-order valence-corrected chi connectivity index (χ2v) is 5.14. The Morgan fingerprint density at radius 2 is 2.45 bits per heavy atom. The zero-order valence-corrected chi connectivity index (χ0v) is 11.4. The van der Waals surface area contributed by atoms with Crippen LogP contribution in [-0.4, -0.2) is 36.6 Å². The number of piperazine rings is 1. The standard InChI is InChI=1S/C15H17N4O/c1-10-9-19(7-6-17-10)14-8-13(15(16)20)18-12-5-3-2-4-11(12)14/h3-5,8,10,17H,6-7,9H2,1H3,(H2,16,20)/t10-/m1/s1. The fourth-order valence-electron chi connectivity index (χ4n) is 2.63. The minimum absolute atomic E-state index is 0.310. The third-order valence-corrected chi connectivity index (χ3v) is 3.59. The molecule has 3 rings (SSSR count). The molecule has 1 atom stereocenters. The first kappa shape index (κ1) is 12.9. The average Bonchev–Trinajstić information content (AvgIpc) is 2.46. The third-order valence-electron chi connectivity index (χ3n) is 3.59. The number of nitrogens with one attached hydrogen (secondary N) is 1. The van der Waals surface area contributed by atoms with Gasteiger partial charge in [-0.15, -0.1) is 0 Å². The van der Waals surface area contributed by atoms with E-state index in [9.17, 15) is 4.79 Å². The van der Waals surface area contributed by atoms with Crippen molar-refractivity contribution in [3.8, 4) is 0 Å². The molecule has 2 heterocycles. The van der Waals surface area contributed by atoms with E-state index >= 15 is 0 Å². The van der Waals surface area contributed by atoms with E-state index in [4.69, 9.17) is 5.73 Å². The summed E-state index contributed by atoms with van der Waals surface area (Å²) in [6, 6.07) is 10.8. The van der Waals surface area contributed by atoms with E-state index in [1.54, 1.807) is 12.1 Å². The SMILES string of the molecule is C[C@@H]1CN(c2cc(C(N)=O)nc3cc[c]cc23)CCN1. The van der Waals surface area contributed by atoms with Gasteiger partial charge in [-0.25, -0.2) is 4.98 Å². The predicted molar refractivity (Wildman–Crippen MR) is 78.8 cm³/mol. The molecule has 1 amide bonds. The van der Waals surface area contributed by atoms with Gasteiger partial charge < -0.3 is 16.0 Å². The van der Waals surface area contributed by atoms with Crippen LogP contribution in [0.1, 0.15) is 17.4 Å². The van der Waals surface area contributed by atoms with Gasteiger partial charge in [-0.3, -0.25) is 4.79 Å². The lowest BCUT2D eigenvalue weighted by Gasteiger charge is -2.34. The maximum atomic E-state index is 11.5. The van der Waals surface area contributed by atoms with Crippen LogP contribution in [0, 0.1) is 6.07 Å². The maximum Gasteiger partial charge on any atom is 0.267 e. The number of nitrogens with zero attached hydrogens (tertiary/aromatic N) is 2. The van der Waals surface area contributed by atoms with Crippen molar-refractivity contribution in [2.45, 2.75) is 13.0 Å². The number of pyridine rings is 1. The summed E-state index contributed by atoms with van der Waals surface area (Å²) in [6.07, 6.45) is 0. The highest BCUT2D eigenvalue weighted by Crippen LogP contribution is 2.27. The second kappa shape index (κ2) is 5.09. The summed E-state index contributed by atoms with van der Waals surface area (Å²) in [6.45, 7) is 4.87. The van der Waals surface area contributed by atoms with Gasteiger partial charge in [0.05, 0.1) is 5.52 Å². The normalized spacial score (nSPS) is 19.2. The van der Waals surface area contributed by atoms with Gasteiger partial charge in [-0.1, -0.05) is 6.07 Å². The Labute approximate surface area is 117 Å². The fraction of sp³-hybridized carbons (Fsp3) is 0.333. The number of amides is 1. The lowest BCUT2D eigenvalue weighted by atomic mass is 10.1. The molecule has 0 aliphatic carbocycles. The molecule has 103 valence electrons. The number of carbonyl (C=O) groups excluding carboxylic acids is 1. The molecule has 1 aliphatic rings. The van der Waals surface area contributed by atoms with E-state index in [1.807, 2.05) is 12.1 Å². The number of nitrogens with two attached hydrogens (primary N) is 1. The largest absolute Gasteiger partial charge is 0.368 e. The van der Waals surface area contributed by atoms with Crippen LogP contribution in [0.4, 0.5) is 5.69 Å². The van der Waals surface area contributed by atoms with Crippen molar-refractivity contribution in [2.24, 2.45) is 5.73 Å². The summed E-state index contributed by atoms with van der Waals surface area (Å²) >= 11 is 0. The highest BCUT2D eigenvalue weighted by molar-refractivity contribution is 5.99. The first-order valence-electron chi connectivity index (χ1n) is 6.74. The molecule has 1 aromatic heterocycles. The number of anilines is 1. The molecular formula is C15H17N4O. The van der Waals surface area contributed by atoms with E-state index in [2.05, 4.69) is 28.2 Å². The number of aromatic nitrogens is 1. The van der Waals surface area contributed by atoms with Crippen LogP contribution in [-0.2, 0) is 0 Å². The number of hydrogen-bond acceptors (Lipinski definition) is 4. The maximum absolute atomic E-state index is 11.5. The Hall–Kier alpha value is -2.14. The molecule has 20 heavy (non-hydrogen) atoms. The summed E-state index contributed by atoms with van der Waals surface area (Å²) in [5, 5.41) is 4.42. The van der Waals surface area contributed by atoms with E-state index in [0.717, 1.165) is 36.2 Å². The van der Waals surface area contributed by atoms with Gasteiger partial charge in [0, 0.05) is 36.7 Å². The fourth-order valence-corrected chi connectivity index (χ4v) is 2.63. The summed E-state index contributed by atoms with van der Waals surface area (Å²) in [4.78, 5) is 18.0. The Morgan fingerprint density at radius 3 is 3.20 bits per heavy atom. The summed E-state index contributed by atoms with van der Waals surface area (Å²) < 4.78 is 0. The predicted octanol–water partition coefficient (Wildman–Crippen LogP) is 0.932. The zero-order chi connectivity index (χ0) is 14.1. The van der Waals surface area contributed by atoms with E-state index < -0.39 is 5.91 Å². The van der Waals surface area contributed by atoms with Crippen molar-refractivity contribution < 1.29 is 4.79 Å². The van der Waals surface area contributed by atoms with Crippen LogP contribution in [0.5, 0.6) is 0 Å². The molecule has 0 spiro atoms. The molecule has 1 fully saturated rings. The second-order valence-electron chi connectivity index (χ2n) is 5.14. The number of carbonyl (C=O) groups is 1. The van der Waals surface area contributed by atoms with Gasteiger partial charge in [0.15, 0.2) is 0 Å². The molecular weight excluding hydrogens is 252 g/mol. The molecule has 1 radical (unpaired) electrons. The summed E-state index contributed by atoms with van der Waals surface area (Å²) in [5.41, 5.74) is 7.49. The van der Waals surface area contributed by atoms with E-state index in [0.29, 0.717) is 11.7 Å². The van der Waals surface area contributed by atoms with Gasteiger partial charge in [0.2, 0.25) is 0 Å². The van der Waals surface area contributed by atoms with E-state index in [1.165, 1.54) is 0 Å². The van der Waals surface area contributed by atoms with Crippen molar-refractivity contribution in [3.63, 3.8) is 0 Å². The molecule has 1 saturated heterocycles. The Kier molecular flexibility index (Phi) is 3.28. The molecule has 5 nitrogen and oxygen atoms in total. The van der Waals surface area contributed by atoms with Crippen LogP contribution in [0.3, 0.4) is 0 Å². The highest BCUT2D eigenvalue weighted by atomic mass is 16.1. The first-order chi connectivity index (χ1) is 9.65. The van der Waals surface area contributed by atoms with Crippen molar-refractivity contribution in [2.75, 3.05) is 24.5 Å². The molecule has 5 heteroatoms. The topological polar surface area (TPSA) is 71.2 Å². The van der Waals surface area contributed by atoms with Gasteiger partial charge in [-0.05, 0) is 31.2 Å². The number of benzene rings is 1. The lowest BCUT2D eigenvalue weighted by molar-refractivity contribution is 0.0996. The summed E-state index contributed by atoms with van der Waals surface area (Å²) in [5.74, 6) is -0.496. The smallest absolute Gasteiger partial charge is 0.267 e. The highest BCUT2D eigenvalue weighted by Gasteiger charge is 2.19. The van der Waals surface area contributed by atoms with E-state index in [-0.39, 0.29) is 0 Å². The van der Waals surface area contributed by atoms with Crippen LogP contribution < -0.4 is 16.0 Å². The molecule has 2 aromatic rings. The molecule has 0 saturated carbocycles. The van der Waals surface area contributed by atoms with Crippen LogP contribution in [0.2, 0.25) is 0 Å². The number of primary amides is 1. The minimum Gasteiger partial charge on any atom is -0.368 e. The quantitative estimate of drug-likeness (QED) is 0.851. The Morgan fingerprint density at radius 1 is 1.60 bits per heavy atom. The van der Waals surface area contributed by atoms with Gasteiger partial charge in [-0.2, -0.15) is 0 Å². The minimum atomic E-state index is -0.496. The zero-order valence-electron chi connectivity index (χ0n) is 11.4. The van der Waals surface area contributed by atoms with Crippen molar-refractivity contribution in [3.05, 3.63) is 36.0 Å². The third kappa shape index (κ3) is 2.32. The number of rotatable bonds is 2.